The molecular formula is C17H21N3O2S. The molecule has 2 aromatic rings. The number of hydrogen-bond acceptors (Lipinski definition) is 5. The van der Waals surface area contributed by atoms with Gasteiger partial charge in [0.2, 0.25) is 5.91 Å². The van der Waals surface area contributed by atoms with Crippen molar-refractivity contribution in [2.45, 2.75) is 32.4 Å². The van der Waals surface area contributed by atoms with E-state index in [0.29, 0.717) is 6.61 Å². The molecule has 2 aromatic heterocycles. The van der Waals surface area contributed by atoms with Gasteiger partial charge in [0.1, 0.15) is 11.1 Å². The minimum absolute atomic E-state index is 0.139. The summed E-state index contributed by atoms with van der Waals surface area (Å²) >= 11 is 1.52. The molecule has 0 aliphatic carbocycles. The lowest BCUT2D eigenvalue weighted by Crippen LogP contribution is -2.36. The Labute approximate surface area is 140 Å². The SMILES string of the molecule is C=CCCOC(C)C(=O)NC(C)c1nc(-c2cccnc2)cs1. The van der Waals surface area contributed by atoms with Gasteiger partial charge < -0.3 is 10.1 Å². The smallest absolute Gasteiger partial charge is 0.249 e. The van der Waals surface area contributed by atoms with E-state index in [1.807, 2.05) is 24.4 Å². The predicted molar refractivity (Wildman–Crippen MR) is 92.1 cm³/mol. The zero-order chi connectivity index (χ0) is 16.7. The number of amides is 1. The van der Waals surface area contributed by atoms with Gasteiger partial charge in [-0.3, -0.25) is 9.78 Å². The van der Waals surface area contributed by atoms with Crippen LogP contribution in [0.5, 0.6) is 0 Å². The molecule has 0 aliphatic heterocycles. The van der Waals surface area contributed by atoms with Crippen LogP contribution in [-0.4, -0.2) is 28.6 Å². The van der Waals surface area contributed by atoms with E-state index in [0.717, 1.165) is 22.7 Å². The van der Waals surface area contributed by atoms with Crippen molar-refractivity contribution in [1.29, 1.82) is 0 Å². The molecule has 122 valence electrons. The van der Waals surface area contributed by atoms with E-state index in [4.69, 9.17) is 4.74 Å². The maximum atomic E-state index is 12.1. The highest BCUT2D eigenvalue weighted by Gasteiger charge is 2.18. The van der Waals surface area contributed by atoms with Crippen LogP contribution in [0.25, 0.3) is 11.3 Å². The summed E-state index contributed by atoms with van der Waals surface area (Å²) in [4.78, 5) is 20.8. The van der Waals surface area contributed by atoms with Gasteiger partial charge in [-0.05, 0) is 32.4 Å². The van der Waals surface area contributed by atoms with Crippen molar-refractivity contribution in [3.05, 3.63) is 47.6 Å². The van der Waals surface area contributed by atoms with Crippen LogP contribution in [-0.2, 0) is 9.53 Å². The number of nitrogens with one attached hydrogen (secondary N) is 1. The number of pyridine rings is 1. The molecule has 23 heavy (non-hydrogen) atoms. The average molecular weight is 331 g/mol. The van der Waals surface area contributed by atoms with Crippen molar-refractivity contribution in [2.75, 3.05) is 6.61 Å². The summed E-state index contributed by atoms with van der Waals surface area (Å²) in [6.45, 7) is 7.78. The molecule has 0 bridgehead atoms. The number of nitrogens with zero attached hydrogens (tertiary/aromatic N) is 2. The lowest BCUT2D eigenvalue weighted by Gasteiger charge is -2.16. The third-order valence-corrected chi connectivity index (χ3v) is 4.29. The molecule has 0 spiro atoms. The summed E-state index contributed by atoms with van der Waals surface area (Å²) in [5, 5.41) is 5.76. The Hall–Kier alpha value is -2.05. The highest BCUT2D eigenvalue weighted by Crippen LogP contribution is 2.24. The highest BCUT2D eigenvalue weighted by molar-refractivity contribution is 7.10. The normalized spacial score (nSPS) is 13.3. The fourth-order valence-electron chi connectivity index (χ4n) is 1.93. The number of carbonyl (C=O) groups is 1. The molecule has 0 saturated heterocycles. The van der Waals surface area contributed by atoms with Gasteiger partial charge >= 0.3 is 0 Å². The fraction of sp³-hybridized carbons (Fsp3) is 0.353. The van der Waals surface area contributed by atoms with E-state index in [1.165, 1.54) is 11.3 Å². The van der Waals surface area contributed by atoms with Crippen LogP contribution in [0.15, 0.2) is 42.6 Å². The van der Waals surface area contributed by atoms with Crippen molar-refractivity contribution in [3.63, 3.8) is 0 Å². The molecular weight excluding hydrogens is 310 g/mol. The molecule has 2 heterocycles. The molecule has 0 aromatic carbocycles. The molecule has 2 unspecified atom stereocenters. The van der Waals surface area contributed by atoms with E-state index < -0.39 is 6.10 Å². The summed E-state index contributed by atoms with van der Waals surface area (Å²) in [5.41, 5.74) is 1.84. The van der Waals surface area contributed by atoms with Crippen LogP contribution in [0.3, 0.4) is 0 Å². The summed E-state index contributed by atoms with van der Waals surface area (Å²) in [5.74, 6) is -0.139. The molecule has 0 aliphatic rings. The molecule has 6 heteroatoms. The molecule has 2 rings (SSSR count). The Morgan fingerprint density at radius 2 is 2.35 bits per heavy atom. The second kappa shape index (κ2) is 8.55. The van der Waals surface area contributed by atoms with E-state index in [2.05, 4.69) is 21.9 Å². The number of hydrogen-bond donors (Lipinski definition) is 1. The van der Waals surface area contributed by atoms with Crippen LogP contribution in [0, 0.1) is 0 Å². The molecule has 0 fully saturated rings. The Kier molecular flexibility index (Phi) is 6.43. The number of carbonyl (C=O) groups excluding carboxylic acids is 1. The standard InChI is InChI=1S/C17H21N3O2S/c1-4-5-9-22-13(3)16(21)19-12(2)17-20-15(11-23-17)14-7-6-8-18-10-14/h4,6-8,10-13H,1,5,9H2,2-3H3,(H,19,21). The first kappa shape index (κ1) is 17.3. The molecule has 5 nitrogen and oxygen atoms in total. The van der Waals surface area contributed by atoms with Crippen LogP contribution in [0.2, 0.25) is 0 Å². The minimum Gasteiger partial charge on any atom is -0.368 e. The Balaban J connectivity index is 1.93. The van der Waals surface area contributed by atoms with Crippen molar-refractivity contribution >= 4 is 17.2 Å². The van der Waals surface area contributed by atoms with Gasteiger partial charge in [0.25, 0.3) is 0 Å². The zero-order valence-corrected chi connectivity index (χ0v) is 14.2. The van der Waals surface area contributed by atoms with Crippen molar-refractivity contribution in [2.24, 2.45) is 0 Å². The van der Waals surface area contributed by atoms with Gasteiger partial charge in [-0.15, -0.1) is 17.9 Å². The second-order valence-electron chi connectivity index (χ2n) is 5.13. The third-order valence-electron chi connectivity index (χ3n) is 3.27. The van der Waals surface area contributed by atoms with Crippen molar-refractivity contribution in [1.82, 2.24) is 15.3 Å². The summed E-state index contributed by atoms with van der Waals surface area (Å²) in [6.07, 6.45) is 5.51. The summed E-state index contributed by atoms with van der Waals surface area (Å²) in [7, 11) is 0. The van der Waals surface area contributed by atoms with Crippen LogP contribution < -0.4 is 5.32 Å². The summed E-state index contributed by atoms with van der Waals surface area (Å²) < 4.78 is 5.45. The first-order chi connectivity index (χ1) is 11.1. The number of thiazole rings is 1. The molecule has 1 N–H and O–H groups in total. The van der Waals surface area contributed by atoms with E-state index in [-0.39, 0.29) is 11.9 Å². The minimum atomic E-state index is -0.491. The number of aromatic nitrogens is 2. The maximum absolute atomic E-state index is 12.1. The molecule has 0 saturated carbocycles. The summed E-state index contributed by atoms with van der Waals surface area (Å²) in [6, 6.07) is 3.68. The van der Waals surface area contributed by atoms with Gasteiger partial charge in [-0.1, -0.05) is 6.08 Å². The first-order valence-electron chi connectivity index (χ1n) is 7.50. The lowest BCUT2D eigenvalue weighted by atomic mass is 10.2. The molecule has 2 atom stereocenters. The van der Waals surface area contributed by atoms with Crippen molar-refractivity contribution in [3.8, 4) is 11.3 Å². The zero-order valence-electron chi connectivity index (χ0n) is 13.4. The largest absolute Gasteiger partial charge is 0.368 e. The van der Waals surface area contributed by atoms with Crippen molar-refractivity contribution < 1.29 is 9.53 Å². The van der Waals surface area contributed by atoms with Gasteiger partial charge in [-0.2, -0.15) is 0 Å². The second-order valence-corrected chi connectivity index (χ2v) is 6.02. The van der Waals surface area contributed by atoms with E-state index in [1.54, 1.807) is 25.4 Å². The Morgan fingerprint density at radius 3 is 3.04 bits per heavy atom. The maximum Gasteiger partial charge on any atom is 0.249 e. The van der Waals surface area contributed by atoms with Crippen LogP contribution in [0.1, 0.15) is 31.3 Å². The first-order valence-corrected chi connectivity index (χ1v) is 8.38. The topological polar surface area (TPSA) is 64.1 Å². The molecule has 1 amide bonds. The van der Waals surface area contributed by atoms with Crippen LogP contribution in [0.4, 0.5) is 0 Å². The fourth-order valence-corrected chi connectivity index (χ4v) is 2.76. The van der Waals surface area contributed by atoms with E-state index in [9.17, 15) is 4.79 Å². The predicted octanol–water partition coefficient (Wildman–Crippen LogP) is 3.36. The monoisotopic (exact) mass is 331 g/mol. The van der Waals surface area contributed by atoms with E-state index >= 15 is 0 Å². The third kappa shape index (κ3) is 4.97. The van der Waals surface area contributed by atoms with Gasteiger partial charge in [0.05, 0.1) is 18.3 Å². The van der Waals surface area contributed by atoms with Gasteiger partial charge in [-0.25, -0.2) is 4.98 Å². The average Bonchev–Trinajstić information content (AvgIpc) is 3.06. The van der Waals surface area contributed by atoms with Gasteiger partial charge in [0, 0.05) is 23.3 Å². The highest BCUT2D eigenvalue weighted by atomic mass is 32.1. The quantitative estimate of drug-likeness (QED) is 0.595. The number of rotatable bonds is 8. The Bertz CT molecular complexity index is 642. The van der Waals surface area contributed by atoms with Crippen LogP contribution >= 0.6 is 11.3 Å². The van der Waals surface area contributed by atoms with Gasteiger partial charge in [0.15, 0.2) is 0 Å². The molecule has 0 radical (unpaired) electrons. The number of ether oxygens (including phenoxy) is 1. The Morgan fingerprint density at radius 1 is 1.52 bits per heavy atom. The lowest BCUT2D eigenvalue weighted by molar-refractivity contribution is -0.132.